The smallest absolute Gasteiger partial charge is 0.135 e. The van der Waals surface area contributed by atoms with Crippen molar-refractivity contribution in [1.82, 2.24) is 0 Å². The highest BCUT2D eigenvalue weighted by Gasteiger charge is 2.08. The summed E-state index contributed by atoms with van der Waals surface area (Å²) in [6.45, 7) is 2.09. The average Bonchev–Trinajstić information content (AvgIpc) is 2.46. The monoisotopic (exact) mass is 302 g/mol. The number of halogens is 1. The molecule has 1 unspecified atom stereocenters. The first-order chi connectivity index (χ1) is 10.1. The number of rotatable bonds is 6. The minimum absolute atomic E-state index is 0.0798. The summed E-state index contributed by atoms with van der Waals surface area (Å²) in [5.74, 6) is -0.386. The molecule has 110 valence electrons. The van der Waals surface area contributed by atoms with Crippen LogP contribution in [0, 0.1) is 5.82 Å². The summed E-state index contributed by atoms with van der Waals surface area (Å²) >= 11 is 4.79. The van der Waals surface area contributed by atoms with E-state index in [9.17, 15) is 4.39 Å². The maximum atomic E-state index is 13.8. The Balaban J connectivity index is 1.92. The van der Waals surface area contributed by atoms with Gasteiger partial charge in [-0.25, -0.2) is 4.39 Å². The van der Waals surface area contributed by atoms with Gasteiger partial charge in [0.05, 0.1) is 0 Å². The van der Waals surface area contributed by atoms with E-state index in [1.54, 1.807) is 12.1 Å². The van der Waals surface area contributed by atoms with Crippen LogP contribution in [0.4, 0.5) is 10.1 Å². The molecule has 0 aliphatic heterocycles. The van der Waals surface area contributed by atoms with E-state index in [-0.39, 0.29) is 22.4 Å². The molecule has 0 aliphatic rings. The van der Waals surface area contributed by atoms with Crippen LogP contribution in [0.5, 0.6) is 0 Å². The number of anilines is 1. The van der Waals surface area contributed by atoms with Crippen molar-refractivity contribution in [2.75, 3.05) is 5.32 Å². The van der Waals surface area contributed by atoms with Crippen molar-refractivity contribution in [1.29, 1.82) is 0 Å². The Bertz CT molecular complexity index is 613. The van der Waals surface area contributed by atoms with Gasteiger partial charge in [0.2, 0.25) is 0 Å². The molecule has 2 aromatic carbocycles. The molecule has 0 fully saturated rings. The third kappa shape index (κ3) is 4.53. The summed E-state index contributed by atoms with van der Waals surface area (Å²) in [6, 6.07) is 15.4. The van der Waals surface area contributed by atoms with Gasteiger partial charge in [-0.15, -0.1) is 0 Å². The molecule has 4 heteroatoms. The zero-order valence-corrected chi connectivity index (χ0v) is 12.8. The number of hydrogen-bond donors (Lipinski definition) is 2. The zero-order valence-electron chi connectivity index (χ0n) is 12.0. The summed E-state index contributed by atoms with van der Waals surface area (Å²) < 4.78 is 13.8. The fraction of sp³-hybridized carbons (Fsp3) is 0.235. The molecule has 0 heterocycles. The van der Waals surface area contributed by atoms with E-state index in [4.69, 9.17) is 18.0 Å². The number of aryl methyl sites for hydroxylation is 1. The predicted molar refractivity (Wildman–Crippen MR) is 90.1 cm³/mol. The Morgan fingerprint density at radius 3 is 2.57 bits per heavy atom. The van der Waals surface area contributed by atoms with E-state index in [2.05, 4.69) is 24.4 Å². The second-order valence-electron chi connectivity index (χ2n) is 5.13. The number of nitrogens with one attached hydrogen (secondary N) is 1. The van der Waals surface area contributed by atoms with Crippen molar-refractivity contribution in [3.8, 4) is 0 Å². The van der Waals surface area contributed by atoms with Crippen LogP contribution in [-0.2, 0) is 6.42 Å². The second-order valence-corrected chi connectivity index (χ2v) is 5.57. The maximum Gasteiger partial charge on any atom is 0.135 e. The van der Waals surface area contributed by atoms with Crippen molar-refractivity contribution in [3.05, 3.63) is 65.5 Å². The van der Waals surface area contributed by atoms with Gasteiger partial charge in [0, 0.05) is 17.3 Å². The molecule has 1 atom stereocenters. The topological polar surface area (TPSA) is 38.0 Å². The Hall–Kier alpha value is -1.94. The molecule has 21 heavy (non-hydrogen) atoms. The predicted octanol–water partition coefficient (Wildman–Crippen LogP) is 3.89. The van der Waals surface area contributed by atoms with Crippen molar-refractivity contribution in [3.63, 3.8) is 0 Å². The zero-order chi connectivity index (χ0) is 15.2. The normalized spacial score (nSPS) is 11.9. The Morgan fingerprint density at radius 2 is 1.95 bits per heavy atom. The Morgan fingerprint density at radius 1 is 1.24 bits per heavy atom. The largest absolute Gasteiger partial charge is 0.389 e. The van der Waals surface area contributed by atoms with E-state index >= 15 is 0 Å². The van der Waals surface area contributed by atoms with Gasteiger partial charge in [0.25, 0.3) is 0 Å². The van der Waals surface area contributed by atoms with Crippen molar-refractivity contribution >= 4 is 22.9 Å². The Labute approximate surface area is 130 Å². The van der Waals surface area contributed by atoms with E-state index in [0.717, 1.165) is 18.5 Å². The van der Waals surface area contributed by atoms with Gasteiger partial charge in [-0.1, -0.05) is 42.5 Å². The molecular weight excluding hydrogens is 283 g/mol. The molecule has 0 saturated carbocycles. The van der Waals surface area contributed by atoms with Gasteiger partial charge in [0.15, 0.2) is 0 Å². The summed E-state index contributed by atoms with van der Waals surface area (Å²) in [7, 11) is 0. The van der Waals surface area contributed by atoms with Crippen molar-refractivity contribution < 1.29 is 4.39 Å². The molecule has 0 aliphatic carbocycles. The van der Waals surface area contributed by atoms with E-state index < -0.39 is 0 Å². The molecule has 0 spiro atoms. The highest BCUT2D eigenvalue weighted by Crippen LogP contribution is 2.16. The summed E-state index contributed by atoms with van der Waals surface area (Å²) in [6.07, 6.45) is 1.96. The van der Waals surface area contributed by atoms with Crippen LogP contribution in [0.2, 0.25) is 0 Å². The number of benzene rings is 2. The number of thiocarbonyl (C=S) groups is 1. The van der Waals surface area contributed by atoms with Crippen LogP contribution >= 0.6 is 12.2 Å². The van der Waals surface area contributed by atoms with Gasteiger partial charge >= 0.3 is 0 Å². The van der Waals surface area contributed by atoms with E-state index in [0.29, 0.717) is 0 Å². The molecule has 0 radical (unpaired) electrons. The number of nitrogens with two attached hydrogens (primary N) is 1. The van der Waals surface area contributed by atoms with Crippen molar-refractivity contribution in [2.24, 2.45) is 5.73 Å². The van der Waals surface area contributed by atoms with Crippen molar-refractivity contribution in [2.45, 2.75) is 25.8 Å². The van der Waals surface area contributed by atoms with Gasteiger partial charge in [-0.2, -0.15) is 0 Å². The van der Waals surface area contributed by atoms with E-state index in [1.807, 2.05) is 18.2 Å². The molecule has 3 N–H and O–H groups in total. The molecule has 2 rings (SSSR count). The van der Waals surface area contributed by atoms with Crippen LogP contribution in [0.15, 0.2) is 48.5 Å². The summed E-state index contributed by atoms with van der Waals surface area (Å²) in [4.78, 5) is 0.0798. The Kier molecular flexibility index (Phi) is 5.28. The van der Waals surface area contributed by atoms with Gasteiger partial charge < -0.3 is 11.1 Å². The lowest BCUT2D eigenvalue weighted by molar-refractivity contribution is 0.625. The molecule has 2 nitrogen and oxygen atoms in total. The molecule has 0 bridgehead atoms. The lowest BCUT2D eigenvalue weighted by atomic mass is 10.1. The fourth-order valence-electron chi connectivity index (χ4n) is 2.19. The van der Waals surface area contributed by atoms with E-state index in [1.165, 1.54) is 11.6 Å². The van der Waals surface area contributed by atoms with Crippen LogP contribution in [0.3, 0.4) is 0 Å². The van der Waals surface area contributed by atoms with Crippen LogP contribution in [-0.4, -0.2) is 11.0 Å². The average molecular weight is 302 g/mol. The van der Waals surface area contributed by atoms with Gasteiger partial charge in [0.1, 0.15) is 10.8 Å². The van der Waals surface area contributed by atoms with Crippen LogP contribution in [0.25, 0.3) is 0 Å². The molecule has 0 saturated heterocycles. The third-order valence-corrected chi connectivity index (χ3v) is 3.58. The van der Waals surface area contributed by atoms with Crippen LogP contribution in [0.1, 0.15) is 24.5 Å². The fourth-order valence-corrected chi connectivity index (χ4v) is 2.35. The minimum Gasteiger partial charge on any atom is -0.389 e. The first-order valence-electron chi connectivity index (χ1n) is 6.96. The molecule has 0 aromatic heterocycles. The second kappa shape index (κ2) is 7.18. The van der Waals surface area contributed by atoms with Gasteiger partial charge in [-0.3, -0.25) is 0 Å². The maximum absolute atomic E-state index is 13.8. The molecule has 2 aromatic rings. The lowest BCUT2D eigenvalue weighted by Crippen LogP contribution is -2.17. The summed E-state index contributed by atoms with van der Waals surface area (Å²) in [5, 5.41) is 3.30. The summed E-state index contributed by atoms with van der Waals surface area (Å²) in [5.41, 5.74) is 7.78. The lowest BCUT2D eigenvalue weighted by Gasteiger charge is -2.16. The highest BCUT2D eigenvalue weighted by atomic mass is 32.1. The number of hydrogen-bond acceptors (Lipinski definition) is 2. The quantitative estimate of drug-likeness (QED) is 0.795. The minimum atomic E-state index is -0.386. The molecule has 0 amide bonds. The highest BCUT2D eigenvalue weighted by molar-refractivity contribution is 7.80. The molecular formula is C17H19FN2S. The SMILES string of the molecule is CC(CCc1ccccc1)Nc1ccc(C(N)=S)c(F)c1. The standard InChI is InChI=1S/C17H19FN2S/c1-12(7-8-13-5-3-2-4-6-13)20-14-9-10-15(17(19)21)16(18)11-14/h2-6,9-12,20H,7-8H2,1H3,(H2,19,21). The third-order valence-electron chi connectivity index (χ3n) is 3.36. The first-order valence-corrected chi connectivity index (χ1v) is 7.37. The van der Waals surface area contributed by atoms with Crippen LogP contribution < -0.4 is 11.1 Å². The van der Waals surface area contributed by atoms with Gasteiger partial charge in [-0.05, 0) is 43.5 Å². The first kappa shape index (κ1) is 15.4.